The van der Waals surface area contributed by atoms with Crippen LogP contribution in [-0.4, -0.2) is 15.8 Å². The zero-order valence-electron chi connectivity index (χ0n) is 12.2. The number of aromatic nitrogens is 2. The second-order valence-electron chi connectivity index (χ2n) is 5.55. The lowest BCUT2D eigenvalue weighted by molar-refractivity contribution is -0.137. The van der Waals surface area contributed by atoms with Gasteiger partial charge >= 0.3 is 6.18 Å². The maximum Gasteiger partial charge on any atom is 0.389 e. The van der Waals surface area contributed by atoms with E-state index in [1.165, 1.54) is 0 Å². The van der Waals surface area contributed by atoms with E-state index in [4.69, 9.17) is 0 Å². The van der Waals surface area contributed by atoms with E-state index in [2.05, 4.69) is 5.10 Å². The molecule has 0 radical (unpaired) electrons. The Bertz CT molecular complexity index is 560. The molecule has 2 aromatic rings. The Morgan fingerprint density at radius 2 is 2.00 bits per heavy atom. The normalized spacial score (nSPS) is 13.7. The van der Waals surface area contributed by atoms with Gasteiger partial charge in [-0.3, -0.25) is 0 Å². The van der Waals surface area contributed by atoms with Crippen molar-refractivity contribution in [3.63, 3.8) is 0 Å². The molecule has 2 rings (SSSR count). The van der Waals surface area contributed by atoms with Crippen LogP contribution in [0.1, 0.15) is 44.6 Å². The molecule has 116 valence electrons. The molecule has 0 fully saturated rings. The van der Waals surface area contributed by atoms with Crippen LogP contribution in [0.5, 0.6) is 0 Å². The highest BCUT2D eigenvalue weighted by atomic mass is 19.4. The van der Waals surface area contributed by atoms with Gasteiger partial charge in [-0.2, -0.15) is 18.3 Å². The number of fused-ring (bicyclic) bond motifs is 1. The quantitative estimate of drug-likeness (QED) is 0.701. The van der Waals surface area contributed by atoms with Gasteiger partial charge in [-0.1, -0.05) is 25.8 Å². The highest BCUT2D eigenvalue weighted by Crippen LogP contribution is 2.28. The molecular weight excluding hydrogens is 277 g/mol. The maximum atomic E-state index is 12.4. The number of rotatable bonds is 7. The van der Waals surface area contributed by atoms with E-state index in [0.29, 0.717) is 0 Å². The Morgan fingerprint density at radius 3 is 2.71 bits per heavy atom. The second-order valence-corrected chi connectivity index (χ2v) is 5.55. The fourth-order valence-corrected chi connectivity index (χ4v) is 2.75. The molecule has 0 aliphatic rings. The molecule has 2 aromatic heterocycles. The maximum absolute atomic E-state index is 12.4. The first kappa shape index (κ1) is 15.9. The SMILES string of the molecule is CCC[C@@H](CCc1cnn2ccccc12)CCC(F)(F)F. The molecule has 5 heteroatoms. The lowest BCUT2D eigenvalue weighted by Crippen LogP contribution is -2.11. The van der Waals surface area contributed by atoms with E-state index >= 15 is 0 Å². The fraction of sp³-hybridized carbons (Fsp3) is 0.562. The molecule has 0 saturated heterocycles. The van der Waals surface area contributed by atoms with Gasteiger partial charge in [-0.25, -0.2) is 4.52 Å². The predicted octanol–water partition coefficient (Wildman–Crippen LogP) is 5.03. The summed E-state index contributed by atoms with van der Waals surface area (Å²) in [5, 5.41) is 4.26. The van der Waals surface area contributed by atoms with Crippen LogP contribution in [0.25, 0.3) is 5.52 Å². The van der Waals surface area contributed by atoms with Crippen molar-refractivity contribution in [1.82, 2.24) is 9.61 Å². The standard InChI is InChI=1S/C16H21F3N2/c1-2-5-13(9-10-16(17,18)19)7-8-14-12-20-21-11-4-3-6-15(14)21/h3-4,6,11-13H,2,5,7-10H2,1H3/t13-/m0/s1. The number of hydrogen-bond donors (Lipinski definition) is 0. The molecule has 0 N–H and O–H groups in total. The van der Waals surface area contributed by atoms with Gasteiger partial charge in [0.1, 0.15) is 0 Å². The van der Waals surface area contributed by atoms with Crippen molar-refractivity contribution in [3.8, 4) is 0 Å². The highest BCUT2D eigenvalue weighted by molar-refractivity contribution is 5.53. The molecule has 21 heavy (non-hydrogen) atoms. The van der Waals surface area contributed by atoms with Crippen molar-refractivity contribution < 1.29 is 13.2 Å². The van der Waals surface area contributed by atoms with Crippen LogP contribution >= 0.6 is 0 Å². The van der Waals surface area contributed by atoms with E-state index in [0.717, 1.165) is 36.8 Å². The summed E-state index contributed by atoms with van der Waals surface area (Å²) < 4.78 is 38.9. The molecule has 1 atom stereocenters. The van der Waals surface area contributed by atoms with Crippen LogP contribution in [0, 0.1) is 5.92 Å². The third-order valence-corrected chi connectivity index (χ3v) is 3.86. The largest absolute Gasteiger partial charge is 0.389 e. The molecule has 0 aromatic carbocycles. The first-order valence-corrected chi connectivity index (χ1v) is 7.47. The zero-order valence-corrected chi connectivity index (χ0v) is 12.2. The van der Waals surface area contributed by atoms with E-state index in [-0.39, 0.29) is 12.3 Å². The summed E-state index contributed by atoms with van der Waals surface area (Å²) >= 11 is 0. The Labute approximate surface area is 123 Å². The summed E-state index contributed by atoms with van der Waals surface area (Å²) in [7, 11) is 0. The van der Waals surface area contributed by atoms with Crippen LogP contribution in [-0.2, 0) is 6.42 Å². The van der Waals surface area contributed by atoms with Gasteiger partial charge in [0.15, 0.2) is 0 Å². The Kier molecular flexibility index (Phi) is 5.26. The van der Waals surface area contributed by atoms with Crippen molar-refractivity contribution in [1.29, 1.82) is 0 Å². The number of aryl methyl sites for hydroxylation is 1. The summed E-state index contributed by atoms with van der Waals surface area (Å²) in [5.74, 6) is 0.135. The minimum Gasteiger partial charge on any atom is -0.241 e. The van der Waals surface area contributed by atoms with E-state index < -0.39 is 12.6 Å². The molecule has 0 saturated carbocycles. The third-order valence-electron chi connectivity index (χ3n) is 3.86. The lowest BCUT2D eigenvalue weighted by Gasteiger charge is -2.16. The summed E-state index contributed by atoms with van der Waals surface area (Å²) in [6, 6.07) is 5.85. The minimum atomic E-state index is -4.05. The third kappa shape index (κ3) is 4.76. The average molecular weight is 298 g/mol. The number of halogens is 3. The zero-order chi connectivity index (χ0) is 15.3. The molecule has 0 aliphatic heterocycles. The Hall–Kier alpha value is -1.52. The second kappa shape index (κ2) is 6.96. The molecule has 0 aliphatic carbocycles. The van der Waals surface area contributed by atoms with Gasteiger partial charge in [0.05, 0.1) is 11.7 Å². The average Bonchev–Trinajstić information content (AvgIpc) is 2.84. The number of alkyl halides is 3. The first-order chi connectivity index (χ1) is 9.99. The van der Waals surface area contributed by atoms with Crippen molar-refractivity contribution in [2.45, 2.75) is 51.6 Å². The van der Waals surface area contributed by atoms with Crippen molar-refractivity contribution in [3.05, 3.63) is 36.2 Å². The van der Waals surface area contributed by atoms with E-state index in [1.54, 1.807) is 4.52 Å². The van der Waals surface area contributed by atoms with Crippen molar-refractivity contribution >= 4 is 5.52 Å². The van der Waals surface area contributed by atoms with Crippen molar-refractivity contribution in [2.24, 2.45) is 5.92 Å². The summed E-state index contributed by atoms with van der Waals surface area (Å²) in [6.45, 7) is 2.02. The van der Waals surface area contributed by atoms with Gasteiger partial charge in [0, 0.05) is 12.6 Å². The van der Waals surface area contributed by atoms with Gasteiger partial charge in [-0.05, 0) is 42.9 Å². The minimum absolute atomic E-state index is 0.135. The summed E-state index contributed by atoms with van der Waals surface area (Å²) in [6.07, 6.45) is 2.58. The van der Waals surface area contributed by atoms with Gasteiger partial charge in [0.2, 0.25) is 0 Å². The molecule has 2 heterocycles. The molecule has 0 spiro atoms. The van der Waals surface area contributed by atoms with Crippen LogP contribution in [0.3, 0.4) is 0 Å². The van der Waals surface area contributed by atoms with Crippen LogP contribution in [0.4, 0.5) is 13.2 Å². The summed E-state index contributed by atoms with van der Waals surface area (Å²) in [5.41, 5.74) is 2.16. The smallest absolute Gasteiger partial charge is 0.241 e. The summed E-state index contributed by atoms with van der Waals surface area (Å²) in [4.78, 5) is 0. The van der Waals surface area contributed by atoms with Crippen molar-refractivity contribution in [2.75, 3.05) is 0 Å². The Balaban J connectivity index is 1.94. The van der Waals surface area contributed by atoms with Gasteiger partial charge in [-0.15, -0.1) is 0 Å². The number of hydrogen-bond acceptors (Lipinski definition) is 1. The van der Waals surface area contributed by atoms with Crippen LogP contribution < -0.4 is 0 Å². The Morgan fingerprint density at radius 1 is 1.19 bits per heavy atom. The highest BCUT2D eigenvalue weighted by Gasteiger charge is 2.28. The van der Waals surface area contributed by atoms with Gasteiger partial charge in [0.25, 0.3) is 0 Å². The topological polar surface area (TPSA) is 17.3 Å². The van der Waals surface area contributed by atoms with Crippen LogP contribution in [0.15, 0.2) is 30.6 Å². The fourth-order valence-electron chi connectivity index (χ4n) is 2.75. The lowest BCUT2D eigenvalue weighted by atomic mass is 9.91. The number of pyridine rings is 1. The van der Waals surface area contributed by atoms with E-state index in [1.807, 2.05) is 37.5 Å². The molecular formula is C16H21F3N2. The van der Waals surface area contributed by atoms with E-state index in [9.17, 15) is 13.2 Å². The predicted molar refractivity (Wildman–Crippen MR) is 77.2 cm³/mol. The van der Waals surface area contributed by atoms with Gasteiger partial charge < -0.3 is 0 Å². The molecule has 2 nitrogen and oxygen atoms in total. The number of nitrogens with zero attached hydrogens (tertiary/aromatic N) is 2. The first-order valence-electron chi connectivity index (χ1n) is 7.47. The molecule has 0 amide bonds. The van der Waals surface area contributed by atoms with Crippen LogP contribution in [0.2, 0.25) is 0 Å². The molecule has 0 unspecified atom stereocenters. The molecule has 0 bridgehead atoms. The monoisotopic (exact) mass is 298 g/mol.